The van der Waals surface area contributed by atoms with E-state index < -0.39 is 0 Å². The molecule has 3 nitrogen and oxygen atoms in total. The molecular weight excluding hydrogens is 398 g/mol. The third kappa shape index (κ3) is 4.95. The molecule has 0 aromatic heterocycles. The number of rotatable bonds is 4. The summed E-state index contributed by atoms with van der Waals surface area (Å²) in [6.45, 7) is 0. The molecule has 1 amide bonds. The predicted molar refractivity (Wildman–Crippen MR) is 90.4 cm³/mol. The summed E-state index contributed by atoms with van der Waals surface area (Å²) in [4.78, 5) is 23.6. The standard InChI is InChI=1S/C16H11Br2NO2/c17-12-6-4-11(5-7-12)15(20)8-9-16(21)19-14-3-1-2-13(18)10-14/h1-10H,(H,19,21)/b9-8+. The van der Waals surface area contributed by atoms with Crippen molar-refractivity contribution in [3.63, 3.8) is 0 Å². The van der Waals surface area contributed by atoms with Gasteiger partial charge in [-0.25, -0.2) is 0 Å². The lowest BCUT2D eigenvalue weighted by molar-refractivity contribution is -0.111. The number of ketones is 1. The Labute approximate surface area is 139 Å². The number of carbonyl (C=O) groups is 2. The molecule has 0 saturated carbocycles. The third-order valence-electron chi connectivity index (χ3n) is 2.61. The van der Waals surface area contributed by atoms with Crippen LogP contribution in [0.4, 0.5) is 5.69 Å². The molecule has 106 valence electrons. The number of carbonyl (C=O) groups excluding carboxylic acids is 2. The molecule has 0 spiro atoms. The SMILES string of the molecule is O=C(/C=C/C(=O)c1ccc(Br)cc1)Nc1cccc(Br)c1. The van der Waals surface area contributed by atoms with Gasteiger partial charge in [-0.3, -0.25) is 9.59 Å². The smallest absolute Gasteiger partial charge is 0.248 e. The van der Waals surface area contributed by atoms with E-state index in [9.17, 15) is 9.59 Å². The van der Waals surface area contributed by atoms with Gasteiger partial charge in [-0.15, -0.1) is 0 Å². The van der Waals surface area contributed by atoms with Crippen LogP contribution in [0.15, 0.2) is 69.6 Å². The second-order valence-corrected chi connectivity index (χ2v) is 6.04. The molecule has 0 aliphatic heterocycles. The highest BCUT2D eigenvalue weighted by Gasteiger charge is 2.03. The number of halogens is 2. The van der Waals surface area contributed by atoms with Crippen molar-refractivity contribution in [3.8, 4) is 0 Å². The van der Waals surface area contributed by atoms with Crippen LogP contribution in [-0.2, 0) is 4.79 Å². The zero-order valence-corrected chi connectivity index (χ0v) is 14.0. The molecule has 2 rings (SSSR count). The predicted octanol–water partition coefficient (Wildman–Crippen LogP) is 4.59. The quantitative estimate of drug-likeness (QED) is 0.594. The van der Waals surface area contributed by atoms with Crippen molar-refractivity contribution in [2.45, 2.75) is 0 Å². The van der Waals surface area contributed by atoms with E-state index in [1.165, 1.54) is 12.2 Å². The average molecular weight is 409 g/mol. The maximum absolute atomic E-state index is 11.9. The van der Waals surface area contributed by atoms with E-state index >= 15 is 0 Å². The van der Waals surface area contributed by atoms with Crippen molar-refractivity contribution in [1.29, 1.82) is 0 Å². The lowest BCUT2D eigenvalue weighted by atomic mass is 10.1. The fourth-order valence-electron chi connectivity index (χ4n) is 1.61. The number of amides is 1. The van der Waals surface area contributed by atoms with Crippen molar-refractivity contribution < 1.29 is 9.59 Å². The first kappa shape index (κ1) is 15.7. The second-order valence-electron chi connectivity index (χ2n) is 4.20. The highest BCUT2D eigenvalue weighted by atomic mass is 79.9. The first-order chi connectivity index (χ1) is 10.0. The van der Waals surface area contributed by atoms with Crippen LogP contribution >= 0.6 is 31.9 Å². The Bertz CT molecular complexity index is 694. The zero-order chi connectivity index (χ0) is 15.2. The van der Waals surface area contributed by atoms with Gasteiger partial charge in [0.25, 0.3) is 0 Å². The lowest BCUT2D eigenvalue weighted by Gasteiger charge is -2.02. The molecule has 0 fully saturated rings. The summed E-state index contributed by atoms with van der Waals surface area (Å²) >= 11 is 6.63. The maximum Gasteiger partial charge on any atom is 0.248 e. The van der Waals surface area contributed by atoms with E-state index in [2.05, 4.69) is 37.2 Å². The fourth-order valence-corrected chi connectivity index (χ4v) is 2.28. The van der Waals surface area contributed by atoms with Gasteiger partial charge in [0.15, 0.2) is 5.78 Å². The van der Waals surface area contributed by atoms with Crippen LogP contribution in [0.3, 0.4) is 0 Å². The van der Waals surface area contributed by atoms with Crippen LogP contribution in [0, 0.1) is 0 Å². The molecule has 0 saturated heterocycles. The highest BCUT2D eigenvalue weighted by Crippen LogP contribution is 2.15. The summed E-state index contributed by atoms with van der Waals surface area (Å²) in [7, 11) is 0. The minimum atomic E-state index is -0.349. The average Bonchev–Trinajstić information content (AvgIpc) is 2.45. The summed E-state index contributed by atoms with van der Waals surface area (Å²) in [5.41, 5.74) is 1.19. The zero-order valence-electron chi connectivity index (χ0n) is 10.8. The van der Waals surface area contributed by atoms with Gasteiger partial charge in [-0.1, -0.05) is 37.9 Å². The summed E-state index contributed by atoms with van der Waals surface area (Å²) in [5, 5.41) is 2.68. The Kier molecular flexibility index (Phi) is 5.47. The molecule has 0 aliphatic carbocycles. The van der Waals surface area contributed by atoms with Crippen LogP contribution in [0.1, 0.15) is 10.4 Å². The molecule has 2 aromatic rings. The van der Waals surface area contributed by atoms with E-state index in [-0.39, 0.29) is 11.7 Å². The Morgan fingerprint density at radius 1 is 0.905 bits per heavy atom. The van der Waals surface area contributed by atoms with Crippen molar-refractivity contribution >= 4 is 49.2 Å². The topological polar surface area (TPSA) is 46.2 Å². The molecule has 21 heavy (non-hydrogen) atoms. The molecule has 0 aliphatic rings. The summed E-state index contributed by atoms with van der Waals surface area (Å²) in [6.07, 6.45) is 2.49. The number of hydrogen-bond acceptors (Lipinski definition) is 2. The van der Waals surface area contributed by atoms with Gasteiger partial charge in [0.1, 0.15) is 0 Å². The van der Waals surface area contributed by atoms with Crippen LogP contribution in [0.25, 0.3) is 0 Å². The Morgan fingerprint density at radius 3 is 2.29 bits per heavy atom. The highest BCUT2D eigenvalue weighted by molar-refractivity contribution is 9.10. The van der Waals surface area contributed by atoms with E-state index in [0.717, 1.165) is 8.95 Å². The van der Waals surface area contributed by atoms with Crippen molar-refractivity contribution in [1.82, 2.24) is 0 Å². The molecule has 2 aromatic carbocycles. The molecular formula is C16H11Br2NO2. The van der Waals surface area contributed by atoms with E-state index in [1.54, 1.807) is 36.4 Å². The molecule has 1 N–H and O–H groups in total. The number of allylic oxidation sites excluding steroid dienone is 1. The monoisotopic (exact) mass is 407 g/mol. The molecule has 0 bridgehead atoms. The Morgan fingerprint density at radius 2 is 1.62 bits per heavy atom. The first-order valence-electron chi connectivity index (χ1n) is 6.09. The van der Waals surface area contributed by atoms with Gasteiger partial charge in [-0.05, 0) is 48.5 Å². The van der Waals surface area contributed by atoms with Gasteiger partial charge in [0, 0.05) is 26.3 Å². The maximum atomic E-state index is 11.9. The fraction of sp³-hybridized carbons (Fsp3) is 0. The molecule has 0 atom stereocenters. The molecule has 5 heteroatoms. The van der Waals surface area contributed by atoms with Gasteiger partial charge in [0.05, 0.1) is 0 Å². The molecule has 0 unspecified atom stereocenters. The first-order valence-corrected chi connectivity index (χ1v) is 7.68. The van der Waals surface area contributed by atoms with Gasteiger partial charge < -0.3 is 5.32 Å². The van der Waals surface area contributed by atoms with Crippen molar-refractivity contribution in [2.24, 2.45) is 0 Å². The normalized spacial score (nSPS) is 10.6. The Hall–Kier alpha value is -1.72. The minimum absolute atomic E-state index is 0.216. The number of nitrogens with one attached hydrogen (secondary N) is 1. The van der Waals surface area contributed by atoms with Crippen LogP contribution in [0.5, 0.6) is 0 Å². The van der Waals surface area contributed by atoms with Crippen LogP contribution in [0.2, 0.25) is 0 Å². The summed E-state index contributed by atoms with van der Waals surface area (Å²) < 4.78 is 1.77. The van der Waals surface area contributed by atoms with Crippen LogP contribution < -0.4 is 5.32 Å². The van der Waals surface area contributed by atoms with Gasteiger partial charge in [-0.2, -0.15) is 0 Å². The minimum Gasteiger partial charge on any atom is -0.322 e. The third-order valence-corrected chi connectivity index (χ3v) is 3.63. The number of anilines is 1. The van der Waals surface area contributed by atoms with Gasteiger partial charge in [0.2, 0.25) is 5.91 Å². The van der Waals surface area contributed by atoms with E-state index in [1.807, 2.05) is 12.1 Å². The van der Waals surface area contributed by atoms with Crippen molar-refractivity contribution in [3.05, 3.63) is 75.2 Å². The number of benzene rings is 2. The Balaban J connectivity index is 1.98. The number of hydrogen-bond donors (Lipinski definition) is 1. The summed E-state index contributed by atoms with van der Waals surface area (Å²) in [5.74, 6) is -0.564. The summed E-state index contributed by atoms with van der Waals surface area (Å²) in [6, 6.07) is 14.2. The largest absolute Gasteiger partial charge is 0.322 e. The van der Waals surface area contributed by atoms with Gasteiger partial charge >= 0.3 is 0 Å². The second kappa shape index (κ2) is 7.33. The van der Waals surface area contributed by atoms with Crippen LogP contribution in [-0.4, -0.2) is 11.7 Å². The molecule has 0 radical (unpaired) electrons. The van der Waals surface area contributed by atoms with E-state index in [0.29, 0.717) is 11.3 Å². The van der Waals surface area contributed by atoms with E-state index in [4.69, 9.17) is 0 Å². The van der Waals surface area contributed by atoms with Crippen molar-refractivity contribution in [2.75, 3.05) is 5.32 Å². The molecule has 0 heterocycles. The lowest BCUT2D eigenvalue weighted by Crippen LogP contribution is -2.08.